The van der Waals surface area contributed by atoms with Crippen LogP contribution in [0.1, 0.15) is 46.6 Å². The Kier molecular flexibility index (Phi) is 10.1. The van der Waals surface area contributed by atoms with E-state index in [1.807, 2.05) is 51.1 Å². The van der Waals surface area contributed by atoms with E-state index in [0.717, 1.165) is 17.7 Å². The Balaban J connectivity index is 2.65. The lowest BCUT2D eigenvalue weighted by atomic mass is 10.0. The Labute approximate surface area is 176 Å². The summed E-state index contributed by atoms with van der Waals surface area (Å²) >= 11 is 0. The summed E-state index contributed by atoms with van der Waals surface area (Å²) in [7, 11) is 0. The summed E-state index contributed by atoms with van der Waals surface area (Å²) in [6, 6.07) is 9.54. The quantitative estimate of drug-likeness (QED) is 0.322. The number of ether oxygens (including phenoxy) is 1. The third-order valence-corrected chi connectivity index (χ3v) is 4.27. The van der Waals surface area contributed by atoms with Gasteiger partial charge in [0.2, 0.25) is 0 Å². The maximum absolute atomic E-state index is 12.5. The number of benzene rings is 1. The Bertz CT molecular complexity index is 695. The van der Waals surface area contributed by atoms with Gasteiger partial charge < -0.3 is 20.7 Å². The molecule has 0 aromatic heterocycles. The molecule has 1 rings (SSSR count). The van der Waals surface area contributed by atoms with E-state index < -0.39 is 6.04 Å². The Morgan fingerprint density at radius 2 is 1.59 bits per heavy atom. The van der Waals surface area contributed by atoms with Crippen molar-refractivity contribution < 1.29 is 9.53 Å². The molecular weight excluding hydrogens is 362 g/mol. The first-order chi connectivity index (χ1) is 13.6. The van der Waals surface area contributed by atoms with E-state index in [1.54, 1.807) is 0 Å². The van der Waals surface area contributed by atoms with Crippen LogP contribution < -0.4 is 16.0 Å². The zero-order chi connectivity index (χ0) is 22.0. The Morgan fingerprint density at radius 1 is 0.966 bits per heavy atom. The van der Waals surface area contributed by atoms with Crippen LogP contribution in [-0.4, -0.2) is 23.9 Å². The normalized spacial score (nSPS) is 12.8. The van der Waals surface area contributed by atoms with Gasteiger partial charge in [0.15, 0.2) is 11.7 Å². The first-order valence-corrected chi connectivity index (χ1v) is 10.2. The zero-order valence-corrected chi connectivity index (χ0v) is 18.5. The highest BCUT2D eigenvalue weighted by atomic mass is 16.5. The summed E-state index contributed by atoms with van der Waals surface area (Å²) in [6.45, 7) is 22.4. The van der Waals surface area contributed by atoms with Crippen molar-refractivity contribution in [3.05, 3.63) is 72.9 Å². The Morgan fingerprint density at radius 3 is 2.14 bits per heavy atom. The van der Waals surface area contributed by atoms with Crippen LogP contribution in [-0.2, 0) is 16.1 Å². The summed E-state index contributed by atoms with van der Waals surface area (Å²) in [5.41, 5.74) is 2.20. The van der Waals surface area contributed by atoms with E-state index >= 15 is 0 Å². The van der Waals surface area contributed by atoms with Crippen LogP contribution >= 0.6 is 0 Å². The van der Waals surface area contributed by atoms with Crippen molar-refractivity contribution in [1.82, 2.24) is 16.0 Å². The highest BCUT2D eigenvalue weighted by molar-refractivity contribution is 5.98. The highest BCUT2D eigenvalue weighted by Crippen LogP contribution is 2.14. The number of hydrogen-bond donors (Lipinski definition) is 3. The fourth-order valence-corrected chi connectivity index (χ4v) is 2.87. The molecule has 0 amide bonds. The molecule has 3 N–H and O–H groups in total. The van der Waals surface area contributed by atoms with Gasteiger partial charge in [0.05, 0.1) is 17.8 Å². The fourth-order valence-electron chi connectivity index (χ4n) is 2.87. The van der Waals surface area contributed by atoms with E-state index in [1.165, 1.54) is 0 Å². The van der Waals surface area contributed by atoms with E-state index in [0.29, 0.717) is 24.1 Å². The standard InChI is InChI=1S/C24H37N3O2/c1-16(2)14-23(27-21(8)29-15-22-12-10-9-11-13-22)18(5)26-20(7)24(28)19(6)25-17(3)4/h9-13,16-17,20,23,25-27H,5-6,8,14-15H2,1-4,7H3/t20?,23-/m0/s1. The van der Waals surface area contributed by atoms with Crippen LogP contribution in [0.4, 0.5) is 0 Å². The molecule has 0 aliphatic heterocycles. The van der Waals surface area contributed by atoms with Crippen molar-refractivity contribution in [2.45, 2.75) is 65.8 Å². The molecule has 5 nitrogen and oxygen atoms in total. The van der Waals surface area contributed by atoms with Gasteiger partial charge in [-0.15, -0.1) is 0 Å². The largest absolute Gasteiger partial charge is 0.475 e. The van der Waals surface area contributed by atoms with Gasteiger partial charge in [-0.05, 0) is 45.3 Å². The molecule has 0 spiro atoms. The van der Waals surface area contributed by atoms with Crippen LogP contribution in [0.3, 0.4) is 0 Å². The van der Waals surface area contributed by atoms with Gasteiger partial charge in [0.25, 0.3) is 0 Å². The maximum atomic E-state index is 12.5. The monoisotopic (exact) mass is 399 g/mol. The van der Waals surface area contributed by atoms with Crippen LogP contribution in [0.5, 0.6) is 0 Å². The van der Waals surface area contributed by atoms with Crippen molar-refractivity contribution in [2.75, 3.05) is 0 Å². The van der Waals surface area contributed by atoms with Gasteiger partial charge in [-0.2, -0.15) is 0 Å². The summed E-state index contributed by atoms with van der Waals surface area (Å²) < 4.78 is 5.76. The molecule has 160 valence electrons. The number of Topliss-reactive ketones (excluding diaryl/α,β-unsaturated/α-hetero) is 1. The smallest absolute Gasteiger partial charge is 0.199 e. The van der Waals surface area contributed by atoms with E-state index in [4.69, 9.17) is 4.74 Å². The molecule has 0 bridgehead atoms. The molecule has 0 fully saturated rings. The van der Waals surface area contributed by atoms with Gasteiger partial charge in [-0.25, -0.2) is 0 Å². The summed E-state index contributed by atoms with van der Waals surface area (Å²) in [5.74, 6) is 0.825. The molecule has 1 aromatic carbocycles. The zero-order valence-electron chi connectivity index (χ0n) is 18.5. The number of ketones is 1. The van der Waals surface area contributed by atoms with Gasteiger partial charge >= 0.3 is 0 Å². The first kappa shape index (κ1) is 24.3. The van der Waals surface area contributed by atoms with E-state index in [9.17, 15) is 4.79 Å². The van der Waals surface area contributed by atoms with E-state index in [-0.39, 0.29) is 17.9 Å². The number of hydrogen-bond acceptors (Lipinski definition) is 5. The first-order valence-electron chi connectivity index (χ1n) is 10.2. The molecule has 0 saturated carbocycles. The number of rotatable bonds is 14. The molecule has 0 heterocycles. The van der Waals surface area contributed by atoms with Gasteiger partial charge in [-0.3, -0.25) is 4.79 Å². The summed E-state index contributed by atoms with van der Waals surface area (Å²) in [5, 5.41) is 9.57. The average Bonchev–Trinajstić information content (AvgIpc) is 2.65. The molecule has 1 aromatic rings. The van der Waals surface area contributed by atoms with Crippen LogP contribution in [0.2, 0.25) is 0 Å². The second-order valence-electron chi connectivity index (χ2n) is 8.06. The lowest BCUT2D eigenvalue weighted by molar-refractivity contribution is -0.117. The van der Waals surface area contributed by atoms with Crippen molar-refractivity contribution in [3.63, 3.8) is 0 Å². The van der Waals surface area contributed by atoms with Crippen molar-refractivity contribution in [2.24, 2.45) is 5.92 Å². The van der Waals surface area contributed by atoms with Crippen molar-refractivity contribution in [3.8, 4) is 0 Å². The lowest BCUT2D eigenvalue weighted by Gasteiger charge is -2.28. The van der Waals surface area contributed by atoms with Crippen LogP contribution in [0, 0.1) is 5.92 Å². The maximum Gasteiger partial charge on any atom is 0.199 e. The molecule has 2 atom stereocenters. The third-order valence-electron chi connectivity index (χ3n) is 4.27. The molecule has 0 aliphatic carbocycles. The second kappa shape index (κ2) is 12.0. The SMILES string of the molecule is C=C(N[C@@H](CC(C)C)C(=C)NC(C)C(=O)C(=C)NC(C)C)OCc1ccccc1. The average molecular weight is 400 g/mol. The van der Waals surface area contributed by atoms with Crippen molar-refractivity contribution >= 4 is 5.78 Å². The molecule has 0 aliphatic rings. The van der Waals surface area contributed by atoms with Crippen molar-refractivity contribution in [1.29, 1.82) is 0 Å². The number of nitrogens with one attached hydrogen (secondary N) is 3. The molecule has 1 unspecified atom stereocenters. The Hall–Kier alpha value is -2.69. The fraction of sp³-hybridized carbons (Fsp3) is 0.458. The molecule has 0 saturated heterocycles. The topological polar surface area (TPSA) is 62.4 Å². The second-order valence-corrected chi connectivity index (χ2v) is 8.06. The van der Waals surface area contributed by atoms with Gasteiger partial charge in [-0.1, -0.05) is 57.3 Å². The van der Waals surface area contributed by atoms with E-state index in [2.05, 4.69) is 49.5 Å². The summed E-state index contributed by atoms with van der Waals surface area (Å²) in [6.07, 6.45) is 0.825. The number of carbonyl (C=O) groups is 1. The third kappa shape index (κ3) is 9.37. The molecule has 5 heteroatoms. The molecular formula is C24H37N3O2. The van der Waals surface area contributed by atoms with Gasteiger partial charge in [0, 0.05) is 11.7 Å². The van der Waals surface area contributed by atoms with Gasteiger partial charge in [0.1, 0.15) is 6.61 Å². The predicted octanol–water partition coefficient (Wildman–Crippen LogP) is 4.25. The minimum absolute atomic E-state index is 0.0812. The highest BCUT2D eigenvalue weighted by Gasteiger charge is 2.21. The predicted molar refractivity (Wildman–Crippen MR) is 121 cm³/mol. The van der Waals surface area contributed by atoms with Crippen LogP contribution in [0.15, 0.2) is 67.3 Å². The van der Waals surface area contributed by atoms with Crippen LogP contribution in [0.25, 0.3) is 0 Å². The molecule has 29 heavy (non-hydrogen) atoms. The lowest BCUT2D eigenvalue weighted by Crippen LogP contribution is -2.44. The minimum atomic E-state index is -0.434. The number of carbonyl (C=O) groups excluding carboxylic acids is 1. The molecule has 0 radical (unpaired) electrons. The minimum Gasteiger partial charge on any atom is -0.475 e. The summed E-state index contributed by atoms with van der Waals surface area (Å²) in [4.78, 5) is 12.5.